The van der Waals surface area contributed by atoms with Gasteiger partial charge in [-0.1, -0.05) is 36.4 Å². The number of hydrogen-bond donors (Lipinski definition) is 2. The Morgan fingerprint density at radius 3 is 2.38 bits per heavy atom. The maximum Gasteiger partial charge on any atom is 0.128 e. The molecule has 0 bridgehead atoms. The van der Waals surface area contributed by atoms with Crippen LogP contribution in [0.25, 0.3) is 0 Å². The molecular formula is C20H25FN2O. The van der Waals surface area contributed by atoms with Gasteiger partial charge in [-0.25, -0.2) is 4.39 Å². The van der Waals surface area contributed by atoms with Crippen LogP contribution in [0.2, 0.25) is 0 Å². The zero-order valence-corrected chi connectivity index (χ0v) is 13.9. The molecule has 2 aromatic rings. The maximum atomic E-state index is 13.8. The van der Waals surface area contributed by atoms with Crippen LogP contribution in [0.15, 0.2) is 48.5 Å². The first-order chi connectivity index (χ1) is 11.8. The summed E-state index contributed by atoms with van der Waals surface area (Å²) in [5, 5.41) is 12.6. The number of piperidine rings is 1. The van der Waals surface area contributed by atoms with E-state index in [4.69, 9.17) is 0 Å². The van der Waals surface area contributed by atoms with Crippen molar-refractivity contribution >= 4 is 5.69 Å². The van der Waals surface area contributed by atoms with Crippen LogP contribution in [-0.4, -0.2) is 29.7 Å². The number of aliphatic hydroxyl groups excluding tert-OH is 1. The number of nitrogens with one attached hydrogen (secondary N) is 1. The van der Waals surface area contributed by atoms with Crippen LogP contribution in [0.1, 0.15) is 24.0 Å². The third kappa shape index (κ3) is 4.34. The van der Waals surface area contributed by atoms with Gasteiger partial charge in [0.1, 0.15) is 5.82 Å². The average molecular weight is 328 g/mol. The summed E-state index contributed by atoms with van der Waals surface area (Å²) in [6, 6.07) is 15.1. The summed E-state index contributed by atoms with van der Waals surface area (Å²) in [4.78, 5) is 2.43. The van der Waals surface area contributed by atoms with E-state index < -0.39 is 0 Å². The monoisotopic (exact) mass is 328 g/mol. The normalized spacial score (nSPS) is 16.2. The topological polar surface area (TPSA) is 35.5 Å². The lowest BCUT2D eigenvalue weighted by Crippen LogP contribution is -2.34. The Labute approximate surface area is 143 Å². The van der Waals surface area contributed by atoms with Gasteiger partial charge in [0.25, 0.3) is 0 Å². The molecule has 1 fully saturated rings. The number of nitrogens with zero attached hydrogens (tertiary/aromatic N) is 1. The molecule has 24 heavy (non-hydrogen) atoms. The van der Waals surface area contributed by atoms with Crippen molar-refractivity contribution in [2.75, 3.05) is 25.0 Å². The van der Waals surface area contributed by atoms with Gasteiger partial charge < -0.3 is 10.4 Å². The first kappa shape index (κ1) is 16.9. The van der Waals surface area contributed by atoms with E-state index in [0.717, 1.165) is 38.2 Å². The Morgan fingerprint density at radius 1 is 1.00 bits per heavy atom. The van der Waals surface area contributed by atoms with Gasteiger partial charge in [0, 0.05) is 30.9 Å². The third-order valence-electron chi connectivity index (χ3n) is 4.80. The number of hydrogen-bond acceptors (Lipinski definition) is 3. The van der Waals surface area contributed by atoms with Gasteiger partial charge in [0.15, 0.2) is 0 Å². The van der Waals surface area contributed by atoms with Crippen molar-refractivity contribution in [3.05, 3.63) is 65.5 Å². The summed E-state index contributed by atoms with van der Waals surface area (Å²) in [6.07, 6.45) is 2.11. The second-order valence-corrected chi connectivity index (χ2v) is 6.50. The first-order valence-corrected chi connectivity index (χ1v) is 8.64. The standard InChI is InChI=1S/C20H25FN2O/c21-19-7-3-1-5-17(19)13-22-20-8-4-2-6-18(20)14-23-11-9-16(15-24)10-12-23/h1-8,16,22,24H,9-15H2. The molecule has 1 aliphatic heterocycles. The van der Waals surface area contributed by atoms with Crippen LogP contribution in [0.5, 0.6) is 0 Å². The summed E-state index contributed by atoms with van der Waals surface area (Å²) >= 11 is 0. The molecule has 0 spiro atoms. The molecule has 0 aromatic heterocycles. The molecule has 0 aliphatic carbocycles. The molecule has 3 nitrogen and oxygen atoms in total. The summed E-state index contributed by atoms with van der Waals surface area (Å²) in [6.45, 7) is 3.71. The molecule has 1 saturated heterocycles. The predicted octanol–water partition coefficient (Wildman–Crippen LogP) is 3.64. The van der Waals surface area contributed by atoms with E-state index in [0.29, 0.717) is 24.6 Å². The quantitative estimate of drug-likeness (QED) is 0.850. The van der Waals surface area contributed by atoms with Crippen molar-refractivity contribution in [1.29, 1.82) is 0 Å². The number of rotatable bonds is 6. The molecule has 128 valence electrons. The number of anilines is 1. The van der Waals surface area contributed by atoms with Crippen molar-refractivity contribution in [3.8, 4) is 0 Å². The van der Waals surface area contributed by atoms with Crippen LogP contribution in [-0.2, 0) is 13.1 Å². The smallest absolute Gasteiger partial charge is 0.128 e. The molecule has 0 amide bonds. The predicted molar refractivity (Wildman–Crippen MR) is 95.3 cm³/mol. The first-order valence-electron chi connectivity index (χ1n) is 8.64. The zero-order valence-electron chi connectivity index (χ0n) is 13.9. The van der Waals surface area contributed by atoms with Crippen LogP contribution in [0.3, 0.4) is 0 Å². The van der Waals surface area contributed by atoms with E-state index in [1.165, 1.54) is 11.6 Å². The third-order valence-corrected chi connectivity index (χ3v) is 4.80. The van der Waals surface area contributed by atoms with Crippen molar-refractivity contribution in [1.82, 2.24) is 4.90 Å². The summed E-state index contributed by atoms with van der Waals surface area (Å²) in [5.74, 6) is 0.282. The molecule has 1 aliphatic rings. The number of aliphatic hydroxyl groups is 1. The molecule has 2 aromatic carbocycles. The Morgan fingerprint density at radius 2 is 1.67 bits per heavy atom. The Bertz CT molecular complexity index is 654. The number of likely N-dealkylation sites (tertiary alicyclic amines) is 1. The SMILES string of the molecule is OCC1CCN(Cc2ccccc2NCc2ccccc2F)CC1. The van der Waals surface area contributed by atoms with Crippen LogP contribution in [0, 0.1) is 11.7 Å². The Balaban J connectivity index is 1.62. The number of para-hydroxylation sites is 1. The molecule has 3 rings (SSSR count). The highest BCUT2D eigenvalue weighted by atomic mass is 19.1. The van der Waals surface area contributed by atoms with Crippen LogP contribution in [0.4, 0.5) is 10.1 Å². The summed E-state index contributed by atoms with van der Waals surface area (Å²) < 4.78 is 13.8. The molecular weight excluding hydrogens is 303 g/mol. The average Bonchev–Trinajstić information content (AvgIpc) is 2.63. The molecule has 1 heterocycles. The van der Waals surface area contributed by atoms with E-state index in [1.807, 2.05) is 24.3 Å². The van der Waals surface area contributed by atoms with Gasteiger partial charge in [-0.05, 0) is 49.5 Å². The second-order valence-electron chi connectivity index (χ2n) is 6.50. The fourth-order valence-corrected chi connectivity index (χ4v) is 3.23. The maximum absolute atomic E-state index is 13.8. The summed E-state index contributed by atoms with van der Waals surface area (Å²) in [5.41, 5.74) is 2.97. The zero-order chi connectivity index (χ0) is 16.8. The Kier molecular flexibility index (Phi) is 5.83. The van der Waals surface area contributed by atoms with Crippen molar-refractivity contribution < 1.29 is 9.50 Å². The van der Waals surface area contributed by atoms with Gasteiger partial charge in [-0.15, -0.1) is 0 Å². The van der Waals surface area contributed by atoms with Gasteiger partial charge in [0.2, 0.25) is 0 Å². The van der Waals surface area contributed by atoms with Crippen molar-refractivity contribution in [2.45, 2.75) is 25.9 Å². The number of halogens is 1. The van der Waals surface area contributed by atoms with Gasteiger partial charge in [-0.3, -0.25) is 4.90 Å². The second kappa shape index (κ2) is 8.27. The lowest BCUT2D eigenvalue weighted by Gasteiger charge is -2.31. The summed E-state index contributed by atoms with van der Waals surface area (Å²) in [7, 11) is 0. The van der Waals surface area contributed by atoms with E-state index in [-0.39, 0.29) is 5.82 Å². The highest BCUT2D eigenvalue weighted by Gasteiger charge is 2.19. The molecule has 0 atom stereocenters. The Hall–Kier alpha value is -1.91. The molecule has 4 heteroatoms. The van der Waals surface area contributed by atoms with E-state index in [1.54, 1.807) is 6.07 Å². The van der Waals surface area contributed by atoms with E-state index >= 15 is 0 Å². The number of benzene rings is 2. The van der Waals surface area contributed by atoms with Crippen LogP contribution >= 0.6 is 0 Å². The minimum absolute atomic E-state index is 0.173. The molecule has 0 unspecified atom stereocenters. The lowest BCUT2D eigenvalue weighted by molar-refractivity contribution is 0.127. The fourth-order valence-electron chi connectivity index (χ4n) is 3.23. The molecule has 0 saturated carbocycles. The molecule has 2 N–H and O–H groups in total. The van der Waals surface area contributed by atoms with Crippen molar-refractivity contribution in [2.24, 2.45) is 5.92 Å². The van der Waals surface area contributed by atoms with Gasteiger partial charge >= 0.3 is 0 Å². The largest absolute Gasteiger partial charge is 0.396 e. The minimum Gasteiger partial charge on any atom is -0.396 e. The van der Waals surface area contributed by atoms with E-state index in [2.05, 4.69) is 22.3 Å². The lowest BCUT2D eigenvalue weighted by atomic mass is 9.97. The van der Waals surface area contributed by atoms with Gasteiger partial charge in [-0.2, -0.15) is 0 Å². The van der Waals surface area contributed by atoms with Crippen LogP contribution < -0.4 is 5.32 Å². The van der Waals surface area contributed by atoms with Gasteiger partial charge in [0.05, 0.1) is 0 Å². The highest BCUT2D eigenvalue weighted by Crippen LogP contribution is 2.22. The highest BCUT2D eigenvalue weighted by molar-refractivity contribution is 5.51. The van der Waals surface area contributed by atoms with Crippen molar-refractivity contribution in [3.63, 3.8) is 0 Å². The minimum atomic E-state index is -0.173. The molecule has 0 radical (unpaired) electrons. The van der Waals surface area contributed by atoms with E-state index in [9.17, 15) is 9.50 Å². The fraction of sp³-hybridized carbons (Fsp3) is 0.400.